The molecule has 0 fully saturated rings. The van der Waals surface area contributed by atoms with E-state index < -0.39 is 0 Å². The highest BCUT2D eigenvalue weighted by Crippen LogP contribution is 2.04. The summed E-state index contributed by atoms with van der Waals surface area (Å²) in [5.41, 5.74) is 1.38. The van der Waals surface area contributed by atoms with Gasteiger partial charge in [-0.15, -0.1) is 0 Å². The van der Waals surface area contributed by atoms with Gasteiger partial charge in [-0.25, -0.2) is 9.67 Å². The second kappa shape index (κ2) is 6.15. The third kappa shape index (κ3) is 3.39. The van der Waals surface area contributed by atoms with Crippen LogP contribution in [0.2, 0.25) is 0 Å². The molecule has 1 aromatic heterocycles. The summed E-state index contributed by atoms with van der Waals surface area (Å²) in [4.78, 5) is 4.22. The maximum atomic E-state index is 4.23. The van der Waals surface area contributed by atoms with E-state index >= 15 is 0 Å². The van der Waals surface area contributed by atoms with E-state index in [1.807, 2.05) is 17.8 Å². The van der Waals surface area contributed by atoms with Crippen LogP contribution in [0.1, 0.15) is 17.8 Å². The van der Waals surface area contributed by atoms with Gasteiger partial charge in [0.1, 0.15) is 12.2 Å². The Morgan fingerprint density at radius 1 is 1.24 bits per heavy atom. The summed E-state index contributed by atoms with van der Waals surface area (Å²) in [6.07, 6.45) is 3.79. The van der Waals surface area contributed by atoms with Gasteiger partial charge in [0.25, 0.3) is 0 Å². The molecule has 4 heteroatoms. The number of benzene rings is 1. The number of nitrogens with zero attached hydrogens (tertiary/aromatic N) is 3. The lowest BCUT2D eigenvalue weighted by Crippen LogP contribution is -2.13. The third-order valence-electron chi connectivity index (χ3n) is 2.71. The van der Waals surface area contributed by atoms with Crippen LogP contribution in [0.4, 0.5) is 0 Å². The minimum atomic E-state index is 0.769. The van der Waals surface area contributed by atoms with Crippen LogP contribution in [0.25, 0.3) is 0 Å². The molecule has 0 atom stereocenters. The van der Waals surface area contributed by atoms with E-state index in [0.29, 0.717) is 0 Å². The summed E-state index contributed by atoms with van der Waals surface area (Å²) >= 11 is 0. The molecule has 0 unspecified atom stereocenters. The van der Waals surface area contributed by atoms with Gasteiger partial charge in [-0.2, -0.15) is 5.10 Å². The van der Waals surface area contributed by atoms with E-state index in [1.165, 1.54) is 5.56 Å². The highest BCUT2D eigenvalue weighted by molar-refractivity contribution is 5.14. The Bertz CT molecular complexity index is 436. The predicted molar refractivity (Wildman–Crippen MR) is 67.5 cm³/mol. The molecule has 0 aliphatic rings. The second-order valence-corrected chi connectivity index (χ2v) is 4.02. The van der Waals surface area contributed by atoms with Crippen molar-refractivity contribution in [1.29, 1.82) is 0 Å². The fourth-order valence-electron chi connectivity index (χ4n) is 1.85. The quantitative estimate of drug-likeness (QED) is 0.820. The summed E-state index contributed by atoms with van der Waals surface area (Å²) in [7, 11) is 1.92. The number of hydrogen-bond acceptors (Lipinski definition) is 3. The van der Waals surface area contributed by atoms with Gasteiger partial charge in [0.05, 0.1) is 6.54 Å². The van der Waals surface area contributed by atoms with Crippen molar-refractivity contribution in [2.45, 2.75) is 25.9 Å². The highest BCUT2D eigenvalue weighted by atomic mass is 15.3. The molecule has 17 heavy (non-hydrogen) atoms. The monoisotopic (exact) mass is 230 g/mol. The van der Waals surface area contributed by atoms with E-state index in [4.69, 9.17) is 0 Å². The molecular formula is C13H18N4. The molecule has 1 N–H and O–H groups in total. The Morgan fingerprint density at radius 2 is 2.06 bits per heavy atom. The van der Waals surface area contributed by atoms with Crippen LogP contribution < -0.4 is 5.32 Å². The minimum Gasteiger partial charge on any atom is -0.313 e. The molecule has 0 spiro atoms. The molecule has 0 aliphatic heterocycles. The van der Waals surface area contributed by atoms with Gasteiger partial charge in [0, 0.05) is 6.54 Å². The van der Waals surface area contributed by atoms with E-state index in [2.05, 4.69) is 39.7 Å². The predicted octanol–water partition coefficient (Wildman–Crippen LogP) is 1.63. The molecule has 90 valence electrons. The molecule has 2 rings (SSSR count). The number of aryl methyl sites for hydroxylation is 2. The molecular weight excluding hydrogens is 212 g/mol. The molecule has 0 radical (unpaired) electrons. The summed E-state index contributed by atoms with van der Waals surface area (Å²) in [5.74, 6) is 1.00. The Balaban J connectivity index is 1.84. The van der Waals surface area contributed by atoms with Gasteiger partial charge >= 0.3 is 0 Å². The molecule has 2 aromatic rings. The average molecular weight is 230 g/mol. The Labute approximate surface area is 102 Å². The molecule has 1 aromatic carbocycles. The lowest BCUT2D eigenvalue weighted by molar-refractivity contribution is 0.539. The van der Waals surface area contributed by atoms with Crippen molar-refractivity contribution in [3.05, 3.63) is 48.0 Å². The maximum absolute atomic E-state index is 4.23. The normalized spacial score (nSPS) is 10.6. The van der Waals surface area contributed by atoms with Crippen LogP contribution in [0.5, 0.6) is 0 Å². The Morgan fingerprint density at radius 3 is 2.82 bits per heavy atom. The SMILES string of the molecule is CNCc1ncnn1CCCc1ccccc1. The van der Waals surface area contributed by atoms with Crippen molar-refractivity contribution < 1.29 is 0 Å². The fraction of sp³-hybridized carbons (Fsp3) is 0.385. The first-order valence-electron chi connectivity index (χ1n) is 5.95. The van der Waals surface area contributed by atoms with Crippen LogP contribution in [0.3, 0.4) is 0 Å². The standard InChI is InChI=1S/C13H18N4/c1-14-10-13-15-11-16-17(13)9-5-8-12-6-3-2-4-7-12/h2-4,6-7,11,14H,5,8-10H2,1H3. The van der Waals surface area contributed by atoms with Crippen molar-refractivity contribution in [3.63, 3.8) is 0 Å². The highest BCUT2D eigenvalue weighted by Gasteiger charge is 2.02. The van der Waals surface area contributed by atoms with Crippen molar-refractivity contribution in [3.8, 4) is 0 Å². The van der Waals surface area contributed by atoms with Crippen LogP contribution in [0, 0.1) is 0 Å². The molecule has 0 amide bonds. The molecule has 0 saturated carbocycles. The summed E-state index contributed by atoms with van der Waals surface area (Å²) < 4.78 is 1.97. The lowest BCUT2D eigenvalue weighted by atomic mass is 10.1. The number of nitrogens with one attached hydrogen (secondary N) is 1. The molecule has 0 bridgehead atoms. The first-order chi connectivity index (χ1) is 8.40. The molecule has 4 nitrogen and oxygen atoms in total. The summed E-state index contributed by atoms with van der Waals surface area (Å²) in [6, 6.07) is 10.5. The number of hydrogen-bond donors (Lipinski definition) is 1. The Hall–Kier alpha value is -1.68. The van der Waals surface area contributed by atoms with Gasteiger partial charge in [-0.05, 0) is 25.5 Å². The second-order valence-electron chi connectivity index (χ2n) is 4.02. The third-order valence-corrected chi connectivity index (χ3v) is 2.71. The van der Waals surface area contributed by atoms with Gasteiger partial charge in [-0.1, -0.05) is 30.3 Å². The molecule has 0 saturated heterocycles. The molecule has 0 aliphatic carbocycles. The van der Waals surface area contributed by atoms with Crippen molar-refractivity contribution in [2.24, 2.45) is 0 Å². The van der Waals surface area contributed by atoms with Gasteiger partial charge in [-0.3, -0.25) is 0 Å². The first-order valence-corrected chi connectivity index (χ1v) is 5.95. The van der Waals surface area contributed by atoms with Crippen LogP contribution >= 0.6 is 0 Å². The van der Waals surface area contributed by atoms with E-state index in [1.54, 1.807) is 6.33 Å². The largest absolute Gasteiger partial charge is 0.313 e. The van der Waals surface area contributed by atoms with E-state index in [9.17, 15) is 0 Å². The van der Waals surface area contributed by atoms with Crippen LogP contribution in [-0.2, 0) is 19.5 Å². The van der Waals surface area contributed by atoms with Gasteiger partial charge in [0.2, 0.25) is 0 Å². The topological polar surface area (TPSA) is 42.7 Å². The smallest absolute Gasteiger partial charge is 0.140 e. The van der Waals surface area contributed by atoms with Gasteiger partial charge < -0.3 is 5.32 Å². The number of aromatic nitrogens is 3. The van der Waals surface area contributed by atoms with Crippen molar-refractivity contribution in [2.75, 3.05) is 7.05 Å². The number of rotatable bonds is 6. The van der Waals surface area contributed by atoms with Crippen LogP contribution in [-0.4, -0.2) is 21.8 Å². The first kappa shape index (κ1) is 11.8. The summed E-state index contributed by atoms with van der Waals surface area (Å²) in [5, 5.41) is 7.33. The minimum absolute atomic E-state index is 0.769. The van der Waals surface area contributed by atoms with Crippen molar-refractivity contribution in [1.82, 2.24) is 20.1 Å². The Kier molecular flexibility index (Phi) is 4.27. The summed E-state index contributed by atoms with van der Waals surface area (Å²) in [6.45, 7) is 1.69. The zero-order valence-corrected chi connectivity index (χ0v) is 10.1. The molecule has 1 heterocycles. The lowest BCUT2D eigenvalue weighted by Gasteiger charge is -2.05. The van der Waals surface area contributed by atoms with E-state index in [-0.39, 0.29) is 0 Å². The zero-order valence-electron chi connectivity index (χ0n) is 10.1. The van der Waals surface area contributed by atoms with Crippen molar-refractivity contribution >= 4 is 0 Å². The average Bonchev–Trinajstić information content (AvgIpc) is 2.79. The van der Waals surface area contributed by atoms with Gasteiger partial charge in [0.15, 0.2) is 0 Å². The van der Waals surface area contributed by atoms with E-state index in [0.717, 1.165) is 31.8 Å². The maximum Gasteiger partial charge on any atom is 0.140 e. The fourth-order valence-corrected chi connectivity index (χ4v) is 1.85. The zero-order chi connectivity index (χ0) is 11.9. The van der Waals surface area contributed by atoms with Crippen LogP contribution in [0.15, 0.2) is 36.7 Å².